The quantitative estimate of drug-likeness (QED) is 0.559. The minimum Gasteiger partial charge on any atom is -0.0654 e. The molecular weight excluding hydrogens is 120 g/mol. The highest BCUT2D eigenvalue weighted by Gasteiger charge is 2.46. The summed E-state index contributed by atoms with van der Waals surface area (Å²) in [6.45, 7) is 2.30. The van der Waals surface area contributed by atoms with Crippen LogP contribution in [0.3, 0.4) is 0 Å². The van der Waals surface area contributed by atoms with E-state index in [4.69, 9.17) is 0 Å². The molecule has 2 fully saturated rings. The van der Waals surface area contributed by atoms with Crippen LogP contribution in [0.1, 0.15) is 45.4 Å². The summed E-state index contributed by atoms with van der Waals surface area (Å²) in [7, 11) is 0. The van der Waals surface area contributed by atoms with E-state index in [0.717, 1.165) is 0 Å². The van der Waals surface area contributed by atoms with E-state index in [9.17, 15) is 0 Å². The van der Waals surface area contributed by atoms with Crippen molar-refractivity contribution in [3.8, 4) is 0 Å². The van der Waals surface area contributed by atoms with Gasteiger partial charge < -0.3 is 0 Å². The third-order valence-electron chi connectivity index (χ3n) is 3.13. The molecule has 0 nitrogen and oxygen atoms in total. The number of hydrogen-bond acceptors (Lipinski definition) is 0. The summed E-state index contributed by atoms with van der Waals surface area (Å²) in [6.07, 6.45) is 9.13. The molecule has 0 aromatic heterocycles. The van der Waals surface area contributed by atoms with Crippen LogP contribution in [0, 0.1) is 17.8 Å². The highest BCUT2D eigenvalue weighted by atomic mass is 14.5. The van der Waals surface area contributed by atoms with Gasteiger partial charge in [-0.1, -0.05) is 26.2 Å². The molecule has 58 valence electrons. The Labute approximate surface area is 64.0 Å². The molecule has 0 bridgehead atoms. The molecule has 0 aromatic rings. The first-order valence-electron chi connectivity index (χ1n) is 4.92. The summed E-state index contributed by atoms with van der Waals surface area (Å²) in [5.41, 5.74) is 0. The van der Waals surface area contributed by atoms with Crippen molar-refractivity contribution >= 4 is 0 Å². The van der Waals surface area contributed by atoms with Crippen molar-refractivity contribution in [3.05, 3.63) is 0 Å². The predicted octanol–water partition coefficient (Wildman–Crippen LogP) is 3.22. The minimum absolute atomic E-state index is 1.17. The van der Waals surface area contributed by atoms with Gasteiger partial charge in [0, 0.05) is 0 Å². The molecular formula is C10H18. The molecule has 2 rings (SSSR count). The predicted molar refractivity (Wildman–Crippen MR) is 43.8 cm³/mol. The first-order chi connectivity index (χ1) is 4.92. The highest BCUT2D eigenvalue weighted by Crippen LogP contribution is 2.55. The van der Waals surface area contributed by atoms with Crippen LogP contribution < -0.4 is 0 Å². The van der Waals surface area contributed by atoms with Gasteiger partial charge in [0.25, 0.3) is 0 Å². The van der Waals surface area contributed by atoms with E-state index in [1.165, 1.54) is 37.0 Å². The van der Waals surface area contributed by atoms with E-state index in [1.807, 2.05) is 0 Å². The van der Waals surface area contributed by atoms with Crippen molar-refractivity contribution in [1.82, 2.24) is 0 Å². The Kier molecular flexibility index (Phi) is 1.71. The molecule has 2 aliphatic rings. The van der Waals surface area contributed by atoms with E-state index in [-0.39, 0.29) is 0 Å². The van der Waals surface area contributed by atoms with Crippen LogP contribution in [0.25, 0.3) is 0 Å². The second-order valence-electron chi connectivity index (χ2n) is 4.14. The van der Waals surface area contributed by atoms with Gasteiger partial charge in [0.2, 0.25) is 0 Å². The van der Waals surface area contributed by atoms with E-state index >= 15 is 0 Å². The van der Waals surface area contributed by atoms with Crippen LogP contribution in [0.2, 0.25) is 0 Å². The fraction of sp³-hybridized carbons (Fsp3) is 1.00. The zero-order chi connectivity index (χ0) is 6.97. The highest BCUT2D eigenvalue weighted by molar-refractivity contribution is 4.96. The molecule has 2 saturated carbocycles. The number of rotatable bonds is 4. The Morgan fingerprint density at radius 3 is 2.70 bits per heavy atom. The standard InChI is InChI=1S/C10H18/c1-2-3-4-9-7-10(9)8-5-6-8/h8-10H,2-7H2,1H3/t9-,10-/m1/s1. The molecule has 0 unspecified atom stereocenters. The van der Waals surface area contributed by atoms with Crippen LogP contribution in [-0.2, 0) is 0 Å². The van der Waals surface area contributed by atoms with Crippen molar-refractivity contribution in [1.29, 1.82) is 0 Å². The lowest BCUT2D eigenvalue weighted by Crippen LogP contribution is -1.84. The lowest BCUT2D eigenvalue weighted by atomic mass is 10.1. The average molecular weight is 138 g/mol. The molecule has 0 saturated heterocycles. The normalized spacial score (nSPS) is 38.1. The molecule has 0 aromatic carbocycles. The van der Waals surface area contributed by atoms with Crippen LogP contribution in [0.15, 0.2) is 0 Å². The molecule has 2 atom stereocenters. The monoisotopic (exact) mass is 138 g/mol. The van der Waals surface area contributed by atoms with Crippen molar-refractivity contribution < 1.29 is 0 Å². The van der Waals surface area contributed by atoms with Gasteiger partial charge in [-0.3, -0.25) is 0 Å². The topological polar surface area (TPSA) is 0 Å². The van der Waals surface area contributed by atoms with Crippen LogP contribution in [0.4, 0.5) is 0 Å². The minimum atomic E-state index is 1.17. The lowest BCUT2D eigenvalue weighted by molar-refractivity contribution is 0.567. The van der Waals surface area contributed by atoms with Gasteiger partial charge in [-0.15, -0.1) is 0 Å². The zero-order valence-corrected chi connectivity index (χ0v) is 6.97. The number of unbranched alkanes of at least 4 members (excludes halogenated alkanes) is 1. The van der Waals surface area contributed by atoms with E-state index < -0.39 is 0 Å². The fourth-order valence-electron chi connectivity index (χ4n) is 2.17. The Hall–Kier alpha value is 0. The number of hydrogen-bond donors (Lipinski definition) is 0. The fourth-order valence-corrected chi connectivity index (χ4v) is 2.17. The van der Waals surface area contributed by atoms with Crippen molar-refractivity contribution in [2.24, 2.45) is 17.8 Å². The third-order valence-corrected chi connectivity index (χ3v) is 3.13. The molecule has 0 spiro atoms. The maximum atomic E-state index is 2.30. The molecule has 2 aliphatic carbocycles. The first-order valence-corrected chi connectivity index (χ1v) is 4.92. The summed E-state index contributed by atoms with van der Waals surface area (Å²) in [5, 5.41) is 0. The SMILES string of the molecule is CCCC[C@@H]1C[C@@H]1C1CC1. The maximum absolute atomic E-state index is 2.30. The van der Waals surface area contributed by atoms with Gasteiger partial charge in [0.05, 0.1) is 0 Å². The maximum Gasteiger partial charge on any atom is -0.0355 e. The summed E-state index contributed by atoms with van der Waals surface area (Å²) < 4.78 is 0. The summed E-state index contributed by atoms with van der Waals surface area (Å²) in [5.74, 6) is 3.57. The summed E-state index contributed by atoms with van der Waals surface area (Å²) >= 11 is 0. The largest absolute Gasteiger partial charge is 0.0654 e. The van der Waals surface area contributed by atoms with Crippen LogP contribution in [0.5, 0.6) is 0 Å². The Morgan fingerprint density at radius 1 is 1.30 bits per heavy atom. The third kappa shape index (κ3) is 1.36. The van der Waals surface area contributed by atoms with Gasteiger partial charge >= 0.3 is 0 Å². The van der Waals surface area contributed by atoms with E-state index in [0.29, 0.717) is 0 Å². The second-order valence-corrected chi connectivity index (χ2v) is 4.14. The Bertz CT molecular complexity index is 113. The van der Waals surface area contributed by atoms with Gasteiger partial charge in [-0.25, -0.2) is 0 Å². The first kappa shape index (κ1) is 6.69. The van der Waals surface area contributed by atoms with E-state index in [2.05, 4.69) is 6.92 Å². The summed E-state index contributed by atoms with van der Waals surface area (Å²) in [6, 6.07) is 0. The molecule has 0 heteroatoms. The van der Waals surface area contributed by atoms with Crippen LogP contribution >= 0.6 is 0 Å². The molecule has 0 heterocycles. The summed E-state index contributed by atoms with van der Waals surface area (Å²) in [4.78, 5) is 0. The Morgan fingerprint density at radius 2 is 2.10 bits per heavy atom. The van der Waals surface area contributed by atoms with Crippen molar-refractivity contribution in [2.75, 3.05) is 0 Å². The molecule has 0 amide bonds. The van der Waals surface area contributed by atoms with Gasteiger partial charge in [0.1, 0.15) is 0 Å². The van der Waals surface area contributed by atoms with Crippen LogP contribution in [-0.4, -0.2) is 0 Å². The van der Waals surface area contributed by atoms with Crippen molar-refractivity contribution in [3.63, 3.8) is 0 Å². The zero-order valence-electron chi connectivity index (χ0n) is 6.97. The van der Waals surface area contributed by atoms with Gasteiger partial charge in [-0.2, -0.15) is 0 Å². The molecule has 0 N–H and O–H groups in total. The van der Waals surface area contributed by atoms with Gasteiger partial charge in [-0.05, 0) is 37.0 Å². The molecule has 10 heavy (non-hydrogen) atoms. The van der Waals surface area contributed by atoms with E-state index in [1.54, 1.807) is 19.3 Å². The average Bonchev–Trinajstić information content (AvgIpc) is 2.77. The Balaban J connectivity index is 1.60. The van der Waals surface area contributed by atoms with Crippen molar-refractivity contribution in [2.45, 2.75) is 45.4 Å². The molecule has 0 aliphatic heterocycles. The smallest absolute Gasteiger partial charge is 0.0355 e. The molecule has 0 radical (unpaired) electrons. The lowest BCUT2D eigenvalue weighted by Gasteiger charge is -1.94. The van der Waals surface area contributed by atoms with Gasteiger partial charge in [0.15, 0.2) is 0 Å². The second kappa shape index (κ2) is 2.56.